The van der Waals surface area contributed by atoms with Crippen molar-refractivity contribution in [3.63, 3.8) is 0 Å². The molecule has 4 nitrogen and oxygen atoms in total. The molecule has 1 heterocycles. The van der Waals surface area contributed by atoms with Crippen LogP contribution in [0.15, 0.2) is 12.3 Å². The summed E-state index contributed by atoms with van der Waals surface area (Å²) in [6.45, 7) is 4.87. The maximum absolute atomic E-state index is 9.75. The molecule has 0 amide bonds. The zero-order valence-corrected chi connectivity index (χ0v) is 12.9. The predicted molar refractivity (Wildman–Crippen MR) is 81.5 cm³/mol. The van der Waals surface area contributed by atoms with Crippen LogP contribution < -0.4 is 5.73 Å². The Morgan fingerprint density at radius 3 is 2.65 bits per heavy atom. The number of hydrogen-bond acceptors (Lipinski definition) is 3. The van der Waals surface area contributed by atoms with E-state index in [1.54, 1.807) is 0 Å². The highest BCUT2D eigenvalue weighted by Crippen LogP contribution is 2.31. The summed E-state index contributed by atoms with van der Waals surface area (Å²) in [5.74, 6) is 0.345. The van der Waals surface area contributed by atoms with Crippen LogP contribution >= 0.6 is 0 Å². The van der Waals surface area contributed by atoms with E-state index in [1.807, 2.05) is 0 Å². The number of aliphatic hydroxyl groups excluding tert-OH is 1. The third-order valence-corrected chi connectivity index (χ3v) is 5.09. The summed E-state index contributed by atoms with van der Waals surface area (Å²) in [6.07, 6.45) is 9.34. The summed E-state index contributed by atoms with van der Waals surface area (Å²) in [5, 5.41) is 14.5. The number of rotatable bonds is 6. The first-order valence-electron chi connectivity index (χ1n) is 7.96. The topological polar surface area (TPSA) is 64.1 Å². The minimum atomic E-state index is -0.244. The van der Waals surface area contributed by atoms with Crippen molar-refractivity contribution in [3.05, 3.63) is 18.0 Å². The van der Waals surface area contributed by atoms with Gasteiger partial charge in [0, 0.05) is 24.6 Å². The van der Waals surface area contributed by atoms with Crippen molar-refractivity contribution in [1.82, 2.24) is 9.78 Å². The van der Waals surface area contributed by atoms with E-state index in [0.29, 0.717) is 18.5 Å². The molecule has 114 valence electrons. The van der Waals surface area contributed by atoms with Gasteiger partial charge in [0.25, 0.3) is 0 Å². The molecular formula is C16H29N3O. The molecule has 1 unspecified atom stereocenters. The van der Waals surface area contributed by atoms with E-state index in [0.717, 1.165) is 12.1 Å². The molecule has 1 aromatic heterocycles. The number of nitrogens with zero attached hydrogens (tertiary/aromatic N) is 2. The summed E-state index contributed by atoms with van der Waals surface area (Å²) >= 11 is 0. The largest absolute Gasteiger partial charge is 0.396 e. The fraction of sp³-hybridized carbons (Fsp3) is 0.812. The Hall–Kier alpha value is -0.870. The molecule has 2 rings (SSSR count). The summed E-state index contributed by atoms with van der Waals surface area (Å²) < 4.78 is 2.13. The normalized spacial score (nSPS) is 20.2. The molecule has 0 bridgehead atoms. The monoisotopic (exact) mass is 279 g/mol. The predicted octanol–water partition coefficient (Wildman–Crippen LogP) is 2.52. The minimum absolute atomic E-state index is 0.122. The van der Waals surface area contributed by atoms with Crippen LogP contribution in [0.4, 0.5) is 0 Å². The lowest BCUT2D eigenvalue weighted by atomic mass is 9.74. The summed E-state index contributed by atoms with van der Waals surface area (Å²) in [6, 6.07) is 2.66. The van der Waals surface area contributed by atoms with Gasteiger partial charge >= 0.3 is 0 Å². The van der Waals surface area contributed by atoms with E-state index in [2.05, 4.69) is 30.8 Å². The molecule has 0 aromatic carbocycles. The van der Waals surface area contributed by atoms with Gasteiger partial charge in [-0.15, -0.1) is 0 Å². The first-order chi connectivity index (χ1) is 9.61. The Bertz CT molecular complexity index is 404. The highest BCUT2D eigenvalue weighted by Gasteiger charge is 2.33. The van der Waals surface area contributed by atoms with Gasteiger partial charge in [-0.2, -0.15) is 5.10 Å². The standard InChI is InChI=1S/C16H29N3O/c1-13(2)16(11-17,12-20)10-14-8-9-19(18-14)15-6-4-3-5-7-15/h8-9,13,15,20H,3-7,10-12,17H2,1-2H3. The lowest BCUT2D eigenvalue weighted by Crippen LogP contribution is -2.41. The van der Waals surface area contributed by atoms with Gasteiger partial charge in [-0.05, 0) is 24.8 Å². The molecule has 1 fully saturated rings. The van der Waals surface area contributed by atoms with Gasteiger partial charge in [0.05, 0.1) is 18.3 Å². The van der Waals surface area contributed by atoms with Gasteiger partial charge in [0.2, 0.25) is 0 Å². The maximum atomic E-state index is 9.75. The second-order valence-electron chi connectivity index (χ2n) is 6.64. The van der Waals surface area contributed by atoms with Crippen molar-refractivity contribution < 1.29 is 5.11 Å². The summed E-state index contributed by atoms with van der Waals surface area (Å²) in [7, 11) is 0. The first-order valence-corrected chi connectivity index (χ1v) is 7.96. The van der Waals surface area contributed by atoms with Crippen molar-refractivity contribution in [2.24, 2.45) is 17.1 Å². The van der Waals surface area contributed by atoms with Crippen LogP contribution in [0.3, 0.4) is 0 Å². The average Bonchev–Trinajstić information content (AvgIpc) is 2.94. The van der Waals surface area contributed by atoms with E-state index in [9.17, 15) is 5.11 Å². The maximum Gasteiger partial charge on any atom is 0.0631 e. The van der Waals surface area contributed by atoms with Gasteiger partial charge < -0.3 is 10.8 Å². The molecule has 1 aromatic rings. The van der Waals surface area contributed by atoms with E-state index in [1.165, 1.54) is 32.1 Å². The van der Waals surface area contributed by atoms with Gasteiger partial charge in [-0.1, -0.05) is 33.1 Å². The van der Waals surface area contributed by atoms with Crippen molar-refractivity contribution >= 4 is 0 Å². The van der Waals surface area contributed by atoms with Gasteiger partial charge in [0.15, 0.2) is 0 Å². The van der Waals surface area contributed by atoms with Crippen LogP contribution in [0.2, 0.25) is 0 Å². The van der Waals surface area contributed by atoms with Crippen molar-refractivity contribution in [2.75, 3.05) is 13.2 Å². The van der Waals surface area contributed by atoms with E-state index >= 15 is 0 Å². The number of hydrogen-bond donors (Lipinski definition) is 2. The molecule has 0 aliphatic heterocycles. The Kier molecular flexibility index (Phi) is 5.22. The molecule has 20 heavy (non-hydrogen) atoms. The Morgan fingerprint density at radius 1 is 1.40 bits per heavy atom. The second-order valence-corrected chi connectivity index (χ2v) is 6.64. The molecule has 0 saturated heterocycles. The highest BCUT2D eigenvalue weighted by molar-refractivity contribution is 5.05. The van der Waals surface area contributed by atoms with E-state index in [4.69, 9.17) is 10.8 Å². The average molecular weight is 279 g/mol. The number of aliphatic hydroxyl groups is 1. The van der Waals surface area contributed by atoms with Crippen LogP contribution in [0, 0.1) is 11.3 Å². The van der Waals surface area contributed by atoms with Crippen LogP contribution in [-0.2, 0) is 6.42 Å². The first kappa shape index (κ1) is 15.5. The molecule has 0 spiro atoms. The molecule has 1 aliphatic carbocycles. The van der Waals surface area contributed by atoms with Crippen molar-refractivity contribution in [2.45, 2.75) is 58.4 Å². The van der Waals surface area contributed by atoms with Gasteiger partial charge in [-0.25, -0.2) is 0 Å². The fourth-order valence-electron chi connectivity index (χ4n) is 3.20. The molecule has 3 N–H and O–H groups in total. The lowest BCUT2D eigenvalue weighted by molar-refractivity contribution is 0.0830. The SMILES string of the molecule is CC(C)C(CN)(CO)Cc1ccn(C2CCCCC2)n1. The zero-order chi connectivity index (χ0) is 14.6. The summed E-state index contributed by atoms with van der Waals surface area (Å²) in [5.41, 5.74) is 6.74. The number of nitrogens with two attached hydrogens (primary N) is 1. The molecule has 0 radical (unpaired) electrons. The van der Waals surface area contributed by atoms with E-state index in [-0.39, 0.29) is 12.0 Å². The zero-order valence-electron chi connectivity index (χ0n) is 12.9. The van der Waals surface area contributed by atoms with Gasteiger partial charge in [0.1, 0.15) is 0 Å². The van der Waals surface area contributed by atoms with Crippen molar-refractivity contribution in [3.8, 4) is 0 Å². The third kappa shape index (κ3) is 3.23. The van der Waals surface area contributed by atoms with Crippen LogP contribution in [0.5, 0.6) is 0 Å². The van der Waals surface area contributed by atoms with Crippen LogP contribution in [0.25, 0.3) is 0 Å². The molecule has 1 atom stereocenters. The Balaban J connectivity index is 2.08. The van der Waals surface area contributed by atoms with E-state index < -0.39 is 0 Å². The van der Waals surface area contributed by atoms with Gasteiger partial charge in [-0.3, -0.25) is 4.68 Å². The molecular weight excluding hydrogens is 250 g/mol. The Labute approximate surface area is 122 Å². The minimum Gasteiger partial charge on any atom is -0.396 e. The van der Waals surface area contributed by atoms with Crippen LogP contribution in [-0.4, -0.2) is 28.0 Å². The fourth-order valence-corrected chi connectivity index (χ4v) is 3.20. The Morgan fingerprint density at radius 2 is 2.10 bits per heavy atom. The third-order valence-electron chi connectivity index (χ3n) is 5.09. The highest BCUT2D eigenvalue weighted by atomic mass is 16.3. The molecule has 1 saturated carbocycles. The summed E-state index contributed by atoms with van der Waals surface area (Å²) in [4.78, 5) is 0. The second kappa shape index (κ2) is 6.72. The smallest absolute Gasteiger partial charge is 0.0631 e. The van der Waals surface area contributed by atoms with Crippen LogP contribution in [0.1, 0.15) is 57.7 Å². The van der Waals surface area contributed by atoms with Crippen molar-refractivity contribution in [1.29, 1.82) is 0 Å². The molecule has 1 aliphatic rings. The number of aromatic nitrogens is 2. The quantitative estimate of drug-likeness (QED) is 0.841. The lowest BCUT2D eigenvalue weighted by Gasteiger charge is -2.34. The molecule has 4 heteroatoms.